The molecule has 0 amide bonds. The maximum absolute atomic E-state index is 7.90. The highest BCUT2D eigenvalue weighted by atomic mass is 14.7. The van der Waals surface area contributed by atoms with Crippen LogP contribution >= 0.6 is 0 Å². The summed E-state index contributed by atoms with van der Waals surface area (Å²) in [5.41, 5.74) is 12.7. The van der Waals surface area contributed by atoms with E-state index in [9.17, 15) is 0 Å². The molecule has 0 aromatic heterocycles. The molecule has 0 saturated carbocycles. The highest BCUT2D eigenvalue weighted by Gasteiger charge is 2.17. The molecule has 0 atom stereocenters. The Morgan fingerprint density at radius 2 is 0.780 bits per heavy atom. The van der Waals surface area contributed by atoms with E-state index in [1.165, 1.54) is 49.7 Å². The summed E-state index contributed by atoms with van der Waals surface area (Å²) in [6.07, 6.45) is 11.5. The van der Waals surface area contributed by atoms with Crippen molar-refractivity contribution in [2.45, 2.75) is 157 Å². The van der Waals surface area contributed by atoms with Crippen LogP contribution in [-0.2, 0) is 12.8 Å². The minimum atomic E-state index is 0.255. The van der Waals surface area contributed by atoms with Crippen LogP contribution in [-0.4, -0.2) is 0 Å². The van der Waals surface area contributed by atoms with Crippen molar-refractivity contribution in [3.63, 3.8) is 0 Å². The molecule has 0 fully saturated rings. The number of hydrogen-bond donors (Lipinski definition) is 0. The van der Waals surface area contributed by atoms with Gasteiger partial charge in [-0.3, -0.25) is 0 Å². The van der Waals surface area contributed by atoms with Crippen molar-refractivity contribution in [3.8, 4) is 23.7 Å². The third kappa shape index (κ3) is 10.9. The molecule has 3 aromatic carbocycles. The second kappa shape index (κ2) is 19.8. The molecule has 0 N–H and O–H groups in total. The van der Waals surface area contributed by atoms with Crippen LogP contribution in [0, 0.1) is 36.8 Å². The summed E-state index contributed by atoms with van der Waals surface area (Å²) in [5.74, 6) is 15.4. The van der Waals surface area contributed by atoms with Gasteiger partial charge in [-0.1, -0.05) is 156 Å². The van der Waals surface area contributed by atoms with E-state index in [0.717, 1.165) is 81.6 Å². The summed E-state index contributed by atoms with van der Waals surface area (Å²) >= 11 is 0. The molecule has 3 aromatic rings. The predicted octanol–water partition coefficient (Wildman–Crippen LogP) is 14.3. The zero-order valence-electron chi connectivity index (χ0n) is 32.7. The van der Waals surface area contributed by atoms with E-state index < -0.39 is 0 Å². The summed E-state index contributed by atoms with van der Waals surface area (Å²) < 4.78 is 0. The summed E-state index contributed by atoms with van der Waals surface area (Å²) in [5, 5.41) is 0. The molecule has 50 heavy (non-hydrogen) atoms. The molecular formula is C48H60N2. The van der Waals surface area contributed by atoms with Gasteiger partial charge in [0.2, 0.25) is 0 Å². The van der Waals surface area contributed by atoms with Crippen molar-refractivity contribution in [1.82, 2.24) is 0 Å². The molecule has 0 saturated heterocycles. The normalized spacial score (nSPS) is 11.0. The fraction of sp³-hybridized carbons (Fsp3) is 0.500. The Bertz CT molecular complexity index is 1620. The van der Waals surface area contributed by atoms with E-state index in [1.54, 1.807) is 0 Å². The molecule has 0 bridgehead atoms. The quantitative estimate of drug-likeness (QED) is 0.0921. The monoisotopic (exact) mass is 664 g/mol. The number of hydrogen-bond acceptors (Lipinski definition) is 0. The van der Waals surface area contributed by atoms with E-state index >= 15 is 0 Å². The zero-order chi connectivity index (χ0) is 36.8. The Morgan fingerprint density at radius 1 is 0.460 bits per heavy atom. The first-order chi connectivity index (χ1) is 23.9. The first kappa shape index (κ1) is 40.2. The minimum absolute atomic E-state index is 0.255. The van der Waals surface area contributed by atoms with Gasteiger partial charge in [0.25, 0.3) is 0 Å². The van der Waals surface area contributed by atoms with E-state index in [2.05, 4.69) is 139 Å². The van der Waals surface area contributed by atoms with Crippen LogP contribution in [0.4, 0.5) is 11.4 Å². The lowest BCUT2D eigenvalue weighted by atomic mass is 9.89. The maximum atomic E-state index is 7.90. The molecular weight excluding hydrogens is 605 g/mol. The van der Waals surface area contributed by atoms with Gasteiger partial charge in [-0.2, -0.15) is 0 Å². The van der Waals surface area contributed by atoms with Crippen molar-refractivity contribution in [1.29, 1.82) is 0 Å². The standard InChI is InChI=1S/C48H60N2/c1-13-15-17-19-21-39-31-42(26-24-38-29-45(35(7)8)48(50-12)46(30-38)36(9)10)40(22-20-18-16-14-2)32-41(39)25-23-37-27-43(33(3)4)47(49-11)44(28-37)34(5)6/h27-36H,13-22H2,1-10H3. The molecule has 262 valence electrons. The molecule has 3 rings (SSSR count). The number of aryl methyl sites for hydroxylation is 2. The number of rotatable bonds is 14. The lowest BCUT2D eigenvalue weighted by Gasteiger charge is -2.16. The largest absolute Gasteiger partial charge is 0.238 e. The van der Waals surface area contributed by atoms with Gasteiger partial charge >= 0.3 is 0 Å². The van der Waals surface area contributed by atoms with Gasteiger partial charge in [0.15, 0.2) is 11.4 Å². The van der Waals surface area contributed by atoms with Crippen LogP contribution in [0.2, 0.25) is 0 Å². The van der Waals surface area contributed by atoms with Gasteiger partial charge in [-0.05, 0) is 94.9 Å². The van der Waals surface area contributed by atoms with Crippen LogP contribution in [0.5, 0.6) is 0 Å². The van der Waals surface area contributed by atoms with Gasteiger partial charge < -0.3 is 0 Å². The fourth-order valence-corrected chi connectivity index (χ4v) is 6.62. The Balaban J connectivity index is 2.24. The van der Waals surface area contributed by atoms with E-state index in [1.807, 2.05) is 0 Å². The molecule has 2 nitrogen and oxygen atoms in total. The van der Waals surface area contributed by atoms with Gasteiger partial charge in [0.05, 0.1) is 13.1 Å². The van der Waals surface area contributed by atoms with Crippen LogP contribution < -0.4 is 0 Å². The Kier molecular flexibility index (Phi) is 15.9. The van der Waals surface area contributed by atoms with Crippen molar-refractivity contribution >= 4 is 11.4 Å². The molecule has 2 heteroatoms. The Hall–Kier alpha value is -4.24. The molecule has 0 aliphatic rings. The van der Waals surface area contributed by atoms with E-state index in [0.29, 0.717) is 0 Å². The van der Waals surface area contributed by atoms with Crippen molar-refractivity contribution < 1.29 is 0 Å². The minimum Gasteiger partial charge on any atom is -0.238 e. The summed E-state index contributed by atoms with van der Waals surface area (Å²) in [7, 11) is 0. The summed E-state index contributed by atoms with van der Waals surface area (Å²) in [4.78, 5) is 7.90. The van der Waals surface area contributed by atoms with Gasteiger partial charge in [0, 0.05) is 22.3 Å². The number of benzene rings is 3. The maximum Gasteiger partial charge on any atom is 0.194 e. The molecule has 0 radical (unpaired) electrons. The molecule has 0 heterocycles. The fourth-order valence-electron chi connectivity index (χ4n) is 6.62. The molecule has 0 spiro atoms. The smallest absolute Gasteiger partial charge is 0.194 e. The highest BCUT2D eigenvalue weighted by molar-refractivity contribution is 5.66. The topological polar surface area (TPSA) is 8.72 Å². The first-order valence-electron chi connectivity index (χ1n) is 19.3. The number of unbranched alkanes of at least 4 members (excludes halogenated alkanes) is 6. The third-order valence-electron chi connectivity index (χ3n) is 9.66. The Labute approximate surface area is 306 Å². The predicted molar refractivity (Wildman–Crippen MR) is 216 cm³/mol. The van der Waals surface area contributed by atoms with Crippen LogP contribution in [0.25, 0.3) is 9.69 Å². The van der Waals surface area contributed by atoms with E-state index in [4.69, 9.17) is 13.1 Å². The Morgan fingerprint density at radius 3 is 1.04 bits per heavy atom. The van der Waals surface area contributed by atoms with Gasteiger partial charge in [-0.15, -0.1) is 0 Å². The molecule has 0 aliphatic heterocycles. The number of nitrogens with zero attached hydrogens (tertiary/aromatic N) is 2. The van der Waals surface area contributed by atoms with Crippen molar-refractivity contribution in [3.05, 3.63) is 115 Å². The average Bonchev–Trinajstić information content (AvgIpc) is 3.09. The second-order valence-electron chi connectivity index (χ2n) is 15.1. The lowest BCUT2D eigenvalue weighted by Crippen LogP contribution is -2.00. The highest BCUT2D eigenvalue weighted by Crippen LogP contribution is 2.37. The van der Waals surface area contributed by atoms with Crippen molar-refractivity contribution in [2.75, 3.05) is 0 Å². The summed E-state index contributed by atoms with van der Waals surface area (Å²) in [6.45, 7) is 37.6. The van der Waals surface area contributed by atoms with Gasteiger partial charge in [-0.25, -0.2) is 9.69 Å². The average molecular weight is 665 g/mol. The van der Waals surface area contributed by atoms with Crippen LogP contribution in [0.1, 0.15) is 200 Å². The van der Waals surface area contributed by atoms with Crippen LogP contribution in [0.3, 0.4) is 0 Å². The van der Waals surface area contributed by atoms with Gasteiger partial charge in [0.1, 0.15) is 0 Å². The van der Waals surface area contributed by atoms with Crippen molar-refractivity contribution in [2.24, 2.45) is 0 Å². The second-order valence-corrected chi connectivity index (χ2v) is 15.1. The summed E-state index contributed by atoms with van der Waals surface area (Å²) in [6, 6.07) is 13.2. The SMILES string of the molecule is [C-]#[N+]c1c(C(C)C)cc(C#Cc2cc(CCCCCC)c(C#Cc3cc(C(C)C)c([N+]#[C-])c(C(C)C)c3)cc2CCCCCC)cc1C(C)C. The first-order valence-corrected chi connectivity index (χ1v) is 19.3. The molecule has 0 aliphatic carbocycles. The zero-order valence-corrected chi connectivity index (χ0v) is 32.7. The van der Waals surface area contributed by atoms with E-state index in [-0.39, 0.29) is 23.7 Å². The lowest BCUT2D eigenvalue weighted by molar-refractivity contribution is 0.662. The third-order valence-corrected chi connectivity index (χ3v) is 9.66. The molecule has 0 unspecified atom stereocenters. The van der Waals surface area contributed by atoms with Crippen LogP contribution in [0.15, 0.2) is 36.4 Å².